The molecule has 3 heteroatoms. The number of allylic oxidation sites excluding steroid dienone is 3. The van der Waals surface area contributed by atoms with Gasteiger partial charge in [-0.2, -0.15) is 0 Å². The minimum Gasteiger partial charge on any atom is -0.462 e. The van der Waals surface area contributed by atoms with E-state index in [9.17, 15) is 4.79 Å². The van der Waals surface area contributed by atoms with E-state index in [2.05, 4.69) is 40.3 Å². The molecule has 6 atom stereocenters. The number of esters is 1. The maximum atomic E-state index is 11.7. The van der Waals surface area contributed by atoms with Gasteiger partial charge in [-0.3, -0.25) is 4.79 Å². The summed E-state index contributed by atoms with van der Waals surface area (Å²) in [6, 6.07) is 0. The Hall–Kier alpha value is -1.09. The van der Waals surface area contributed by atoms with Crippen LogP contribution in [0, 0.1) is 17.3 Å². The molecule has 1 saturated heterocycles. The Kier molecular flexibility index (Phi) is 4.91. The van der Waals surface area contributed by atoms with Crippen molar-refractivity contribution in [2.75, 3.05) is 0 Å². The lowest BCUT2D eigenvalue weighted by atomic mass is 9.68. The van der Waals surface area contributed by atoms with Crippen LogP contribution in [-0.4, -0.2) is 23.8 Å². The number of rotatable bonds is 2. The summed E-state index contributed by atoms with van der Waals surface area (Å²) in [5.74, 6) is 0.745. The summed E-state index contributed by atoms with van der Waals surface area (Å²) in [6.07, 6.45) is 8.97. The molecular weight excluding hydrogens is 312 g/mol. The fourth-order valence-corrected chi connectivity index (χ4v) is 5.36. The van der Waals surface area contributed by atoms with Gasteiger partial charge in [0.2, 0.25) is 0 Å². The van der Waals surface area contributed by atoms with Crippen molar-refractivity contribution in [2.45, 2.75) is 91.0 Å². The Bertz CT molecular complexity index is 592. The van der Waals surface area contributed by atoms with Gasteiger partial charge in [0, 0.05) is 12.3 Å². The molecule has 2 fully saturated rings. The summed E-state index contributed by atoms with van der Waals surface area (Å²) in [6.45, 7) is 14.7. The summed E-state index contributed by atoms with van der Waals surface area (Å²) < 4.78 is 12.0. The Morgan fingerprint density at radius 2 is 2.08 bits per heavy atom. The van der Waals surface area contributed by atoms with Crippen LogP contribution in [0.25, 0.3) is 0 Å². The van der Waals surface area contributed by atoms with Crippen LogP contribution in [0.5, 0.6) is 0 Å². The highest BCUT2D eigenvalue weighted by atomic mass is 16.6. The third-order valence-electron chi connectivity index (χ3n) is 7.12. The zero-order valence-corrected chi connectivity index (χ0v) is 16.6. The highest BCUT2D eigenvalue weighted by molar-refractivity contribution is 5.66. The normalized spacial score (nSPS) is 46.0. The number of ether oxygens (including phenoxy) is 2. The molecule has 0 aromatic rings. The lowest BCUT2D eigenvalue weighted by Gasteiger charge is -2.37. The molecule has 0 unspecified atom stereocenters. The van der Waals surface area contributed by atoms with Gasteiger partial charge in [-0.05, 0) is 71.1 Å². The molecule has 0 aromatic heterocycles. The van der Waals surface area contributed by atoms with E-state index in [0.717, 1.165) is 38.5 Å². The van der Waals surface area contributed by atoms with Gasteiger partial charge in [-0.25, -0.2) is 0 Å². The Balaban J connectivity index is 1.94. The molecule has 0 bridgehead atoms. The molecule has 3 aliphatic rings. The minimum atomic E-state index is -0.169. The number of carbonyl (C=O) groups excluding carboxylic acids is 1. The van der Waals surface area contributed by atoms with Crippen molar-refractivity contribution in [3.63, 3.8) is 0 Å². The van der Waals surface area contributed by atoms with Gasteiger partial charge < -0.3 is 9.47 Å². The van der Waals surface area contributed by atoms with Crippen LogP contribution in [0.2, 0.25) is 0 Å². The third-order valence-corrected chi connectivity index (χ3v) is 7.12. The minimum absolute atomic E-state index is 0.00321. The van der Waals surface area contributed by atoms with Crippen molar-refractivity contribution < 1.29 is 14.3 Å². The molecule has 3 nitrogen and oxygen atoms in total. The Morgan fingerprint density at radius 3 is 2.72 bits per heavy atom. The second kappa shape index (κ2) is 6.57. The number of hydrogen-bond acceptors (Lipinski definition) is 3. The molecule has 2 aliphatic carbocycles. The first-order chi connectivity index (χ1) is 11.7. The van der Waals surface area contributed by atoms with Crippen LogP contribution >= 0.6 is 0 Å². The third kappa shape index (κ3) is 3.58. The second-order valence-electron chi connectivity index (χ2n) is 9.15. The van der Waals surface area contributed by atoms with E-state index >= 15 is 0 Å². The van der Waals surface area contributed by atoms with Gasteiger partial charge in [-0.1, -0.05) is 30.7 Å². The summed E-state index contributed by atoms with van der Waals surface area (Å²) in [5, 5.41) is 0. The van der Waals surface area contributed by atoms with Crippen molar-refractivity contribution >= 4 is 5.97 Å². The highest BCUT2D eigenvalue weighted by Crippen LogP contribution is 2.59. The van der Waals surface area contributed by atoms with Crippen LogP contribution in [0.4, 0.5) is 0 Å². The number of fused-ring (bicyclic) bond motifs is 2. The van der Waals surface area contributed by atoms with Crippen molar-refractivity contribution in [1.82, 2.24) is 0 Å². The number of epoxide rings is 1. The molecule has 3 rings (SSSR count). The number of carbonyl (C=O) groups is 1. The zero-order chi connectivity index (χ0) is 18.4. The molecule has 0 radical (unpaired) electrons. The molecule has 25 heavy (non-hydrogen) atoms. The first-order valence-corrected chi connectivity index (χ1v) is 9.82. The molecule has 0 aromatic carbocycles. The van der Waals surface area contributed by atoms with Crippen LogP contribution < -0.4 is 0 Å². The van der Waals surface area contributed by atoms with Crippen LogP contribution in [0.15, 0.2) is 23.8 Å². The lowest BCUT2D eigenvalue weighted by Crippen LogP contribution is -2.38. The molecule has 140 valence electrons. The van der Waals surface area contributed by atoms with E-state index in [4.69, 9.17) is 9.47 Å². The molecule has 0 N–H and O–H groups in total. The largest absolute Gasteiger partial charge is 0.462 e. The van der Waals surface area contributed by atoms with E-state index in [-0.39, 0.29) is 29.2 Å². The van der Waals surface area contributed by atoms with Crippen LogP contribution in [0.3, 0.4) is 0 Å². The molecule has 1 aliphatic heterocycles. The molecule has 0 spiro atoms. The molecule has 1 heterocycles. The van der Waals surface area contributed by atoms with Gasteiger partial charge in [0.15, 0.2) is 0 Å². The van der Waals surface area contributed by atoms with E-state index < -0.39 is 0 Å². The van der Waals surface area contributed by atoms with Gasteiger partial charge >= 0.3 is 5.97 Å². The average Bonchev–Trinajstić information content (AvgIpc) is 3.03. The first-order valence-electron chi connectivity index (χ1n) is 9.82. The van der Waals surface area contributed by atoms with E-state index in [1.165, 1.54) is 18.1 Å². The summed E-state index contributed by atoms with van der Waals surface area (Å²) in [7, 11) is 0. The summed E-state index contributed by atoms with van der Waals surface area (Å²) in [4.78, 5) is 11.7. The average molecular weight is 347 g/mol. The monoisotopic (exact) mass is 346 g/mol. The maximum Gasteiger partial charge on any atom is 0.302 e. The van der Waals surface area contributed by atoms with Gasteiger partial charge in [0.1, 0.15) is 6.10 Å². The van der Waals surface area contributed by atoms with Gasteiger partial charge in [-0.15, -0.1) is 0 Å². The van der Waals surface area contributed by atoms with Crippen molar-refractivity contribution in [2.24, 2.45) is 17.3 Å². The molecule has 0 amide bonds. The quantitative estimate of drug-likeness (QED) is 0.392. The van der Waals surface area contributed by atoms with Crippen molar-refractivity contribution in [3.05, 3.63) is 23.8 Å². The Morgan fingerprint density at radius 1 is 1.36 bits per heavy atom. The highest BCUT2D eigenvalue weighted by Gasteiger charge is 2.60. The van der Waals surface area contributed by atoms with Crippen LogP contribution in [-0.2, 0) is 14.3 Å². The maximum absolute atomic E-state index is 11.7. The topological polar surface area (TPSA) is 38.8 Å². The molecule has 1 saturated carbocycles. The van der Waals surface area contributed by atoms with E-state index in [1.54, 1.807) is 0 Å². The Labute approximate surface area is 152 Å². The fraction of sp³-hybridized carbons (Fsp3) is 0.773. The van der Waals surface area contributed by atoms with Gasteiger partial charge in [0.05, 0.1) is 11.7 Å². The van der Waals surface area contributed by atoms with Gasteiger partial charge in [0.25, 0.3) is 0 Å². The lowest BCUT2D eigenvalue weighted by molar-refractivity contribution is -0.152. The van der Waals surface area contributed by atoms with E-state index in [1.807, 2.05) is 0 Å². The summed E-state index contributed by atoms with van der Waals surface area (Å²) >= 11 is 0. The molecular formula is C22H34O3. The zero-order valence-electron chi connectivity index (χ0n) is 16.6. The van der Waals surface area contributed by atoms with Crippen LogP contribution in [0.1, 0.15) is 73.1 Å². The fourth-order valence-electron chi connectivity index (χ4n) is 5.36. The summed E-state index contributed by atoms with van der Waals surface area (Å²) in [5.41, 5.74) is 2.65. The predicted octanol–water partition coefficient (Wildman–Crippen LogP) is 5.20. The van der Waals surface area contributed by atoms with Crippen molar-refractivity contribution in [3.8, 4) is 0 Å². The second-order valence-corrected chi connectivity index (χ2v) is 9.15. The standard InChI is InChI=1S/C22H34O3/c1-14(2)17-12-19(24-16(4)23)21(5)13-20-22(6,25-20)11-7-8-15(3)9-10-18(17)21/h8,17-20H,1,7,9-13H2,2-6H3/b15-8-/t17-,18+,19+,20+,21-,22+/m1/s1. The van der Waals surface area contributed by atoms with E-state index in [0.29, 0.717) is 11.8 Å². The number of hydrogen-bond donors (Lipinski definition) is 0. The van der Waals surface area contributed by atoms with Crippen molar-refractivity contribution in [1.29, 1.82) is 0 Å². The SMILES string of the molecule is C=C(C)[C@H]1C[C@H](OC(C)=O)[C@]2(C)C[C@@H]3O[C@@]3(C)CC/C=C(/C)CC[C@@H]12. The predicted molar refractivity (Wildman–Crippen MR) is 100 cm³/mol. The first kappa shape index (κ1) is 18.7. The smallest absolute Gasteiger partial charge is 0.302 e.